The van der Waals surface area contributed by atoms with E-state index in [0.29, 0.717) is 6.42 Å². The largest absolute Gasteiger partial charge is 0.481 e. The summed E-state index contributed by atoms with van der Waals surface area (Å²) in [6.45, 7) is 3.62. The van der Waals surface area contributed by atoms with Crippen LogP contribution < -0.4 is 5.73 Å². The Morgan fingerprint density at radius 3 is 2.53 bits per heavy atom. The van der Waals surface area contributed by atoms with Gasteiger partial charge in [-0.2, -0.15) is 0 Å². The van der Waals surface area contributed by atoms with Crippen LogP contribution in [-0.4, -0.2) is 17.6 Å². The summed E-state index contributed by atoms with van der Waals surface area (Å²) in [7, 11) is 0. The van der Waals surface area contributed by atoms with Crippen molar-refractivity contribution in [2.45, 2.75) is 26.2 Å². The Morgan fingerprint density at radius 1 is 1.37 bits per heavy atom. The van der Waals surface area contributed by atoms with Gasteiger partial charge in [0.2, 0.25) is 0 Å². The highest BCUT2D eigenvalue weighted by molar-refractivity contribution is 5.70. The van der Waals surface area contributed by atoms with Crippen LogP contribution in [-0.2, 0) is 4.79 Å². The van der Waals surface area contributed by atoms with Crippen molar-refractivity contribution in [2.75, 3.05) is 6.54 Å². The number of nitrogens with two attached hydrogens (primary N) is 1. The zero-order chi connectivity index (χ0) is 14.6. The summed E-state index contributed by atoms with van der Waals surface area (Å²) in [5.41, 5.74) is 5.67. The Balaban J connectivity index is 2.84. The van der Waals surface area contributed by atoms with E-state index in [0.717, 1.165) is 18.2 Å². The Hall–Kier alpha value is -1.49. The predicted octanol–water partition coefficient (Wildman–Crippen LogP) is 2.75. The van der Waals surface area contributed by atoms with Crippen LogP contribution in [0.3, 0.4) is 0 Å². The first kappa shape index (κ1) is 15.6. The molecule has 1 rings (SSSR count). The van der Waals surface area contributed by atoms with E-state index in [4.69, 9.17) is 10.8 Å². The molecule has 19 heavy (non-hydrogen) atoms. The number of aliphatic carboxylic acids is 1. The molecule has 3 atom stereocenters. The summed E-state index contributed by atoms with van der Waals surface area (Å²) in [5.74, 6) is -2.97. The summed E-state index contributed by atoms with van der Waals surface area (Å²) >= 11 is 0. The van der Waals surface area contributed by atoms with Crippen molar-refractivity contribution in [1.29, 1.82) is 0 Å². The lowest BCUT2D eigenvalue weighted by Crippen LogP contribution is -2.26. The van der Waals surface area contributed by atoms with E-state index in [1.807, 2.05) is 6.92 Å². The zero-order valence-corrected chi connectivity index (χ0v) is 11.1. The predicted molar refractivity (Wildman–Crippen MR) is 68.7 cm³/mol. The number of carboxylic acid groups (broad SMARTS) is 1. The number of halogens is 2. The van der Waals surface area contributed by atoms with Gasteiger partial charge in [0.25, 0.3) is 0 Å². The van der Waals surface area contributed by atoms with Gasteiger partial charge >= 0.3 is 5.97 Å². The Bertz CT molecular complexity index is 451. The van der Waals surface area contributed by atoms with Crippen molar-refractivity contribution in [3.63, 3.8) is 0 Å². The van der Waals surface area contributed by atoms with Gasteiger partial charge in [-0.1, -0.05) is 13.8 Å². The lowest BCUT2D eigenvalue weighted by molar-refractivity contribution is -0.142. The molecule has 5 heteroatoms. The Kier molecular flexibility index (Phi) is 5.42. The van der Waals surface area contributed by atoms with Gasteiger partial charge in [0.1, 0.15) is 11.6 Å². The number of rotatable bonds is 6. The van der Waals surface area contributed by atoms with Gasteiger partial charge in [-0.05, 0) is 42.0 Å². The van der Waals surface area contributed by atoms with Crippen LogP contribution in [0.5, 0.6) is 0 Å². The van der Waals surface area contributed by atoms with Crippen LogP contribution in [0, 0.1) is 23.5 Å². The van der Waals surface area contributed by atoms with Gasteiger partial charge in [-0.3, -0.25) is 4.79 Å². The molecule has 106 valence electrons. The molecule has 1 aromatic rings. The third-order valence-electron chi connectivity index (χ3n) is 3.59. The highest BCUT2D eigenvalue weighted by Crippen LogP contribution is 2.31. The van der Waals surface area contributed by atoms with E-state index in [1.54, 1.807) is 6.92 Å². The van der Waals surface area contributed by atoms with Crippen LogP contribution in [0.25, 0.3) is 0 Å². The van der Waals surface area contributed by atoms with Gasteiger partial charge in [0.05, 0.1) is 5.92 Å². The molecule has 0 spiro atoms. The fourth-order valence-electron chi connectivity index (χ4n) is 2.12. The summed E-state index contributed by atoms with van der Waals surface area (Å²) in [5, 5.41) is 8.96. The molecule has 0 fully saturated rings. The first-order chi connectivity index (χ1) is 8.86. The Morgan fingerprint density at radius 2 is 2.00 bits per heavy atom. The van der Waals surface area contributed by atoms with Crippen molar-refractivity contribution in [2.24, 2.45) is 17.6 Å². The first-order valence-electron chi connectivity index (χ1n) is 6.24. The molecule has 0 aliphatic heterocycles. The van der Waals surface area contributed by atoms with Gasteiger partial charge in [0, 0.05) is 6.54 Å². The van der Waals surface area contributed by atoms with Crippen molar-refractivity contribution < 1.29 is 18.7 Å². The second-order valence-corrected chi connectivity index (χ2v) is 4.94. The number of carboxylic acids is 1. The second kappa shape index (κ2) is 6.61. The molecule has 3 nitrogen and oxygen atoms in total. The number of hydrogen-bond donors (Lipinski definition) is 2. The van der Waals surface area contributed by atoms with Gasteiger partial charge < -0.3 is 10.8 Å². The summed E-state index contributed by atoms with van der Waals surface area (Å²) < 4.78 is 26.8. The average molecular weight is 271 g/mol. The minimum Gasteiger partial charge on any atom is -0.481 e. The molecule has 1 aromatic carbocycles. The maximum atomic E-state index is 13.7. The molecule has 3 unspecified atom stereocenters. The van der Waals surface area contributed by atoms with Gasteiger partial charge in [-0.15, -0.1) is 0 Å². The van der Waals surface area contributed by atoms with E-state index >= 15 is 0 Å². The van der Waals surface area contributed by atoms with E-state index in [-0.39, 0.29) is 23.9 Å². The SMILES string of the molecule is CC(CC(CN)C(=O)O)C(C)c1cc(F)ccc1F. The minimum absolute atomic E-state index is 0.0397. The van der Waals surface area contributed by atoms with Crippen LogP contribution in [0.2, 0.25) is 0 Å². The van der Waals surface area contributed by atoms with Crippen molar-refractivity contribution in [1.82, 2.24) is 0 Å². The summed E-state index contributed by atoms with van der Waals surface area (Å²) in [6.07, 6.45) is 0.336. The zero-order valence-electron chi connectivity index (χ0n) is 11.1. The number of hydrogen-bond acceptors (Lipinski definition) is 2. The van der Waals surface area contributed by atoms with E-state index < -0.39 is 23.5 Å². The molecule has 0 aliphatic rings. The van der Waals surface area contributed by atoms with Gasteiger partial charge in [0.15, 0.2) is 0 Å². The quantitative estimate of drug-likeness (QED) is 0.836. The molecule has 0 saturated carbocycles. The molecular formula is C14H19F2NO2. The van der Waals surface area contributed by atoms with Crippen LogP contribution in [0.1, 0.15) is 31.7 Å². The smallest absolute Gasteiger partial charge is 0.307 e. The lowest BCUT2D eigenvalue weighted by atomic mass is 9.82. The highest BCUT2D eigenvalue weighted by Gasteiger charge is 2.24. The maximum Gasteiger partial charge on any atom is 0.307 e. The summed E-state index contributed by atoms with van der Waals surface area (Å²) in [4.78, 5) is 10.9. The normalized spacial score (nSPS) is 15.8. The van der Waals surface area contributed by atoms with E-state index in [1.165, 1.54) is 0 Å². The molecule has 0 aromatic heterocycles. The van der Waals surface area contributed by atoms with Crippen LogP contribution in [0.15, 0.2) is 18.2 Å². The first-order valence-corrected chi connectivity index (χ1v) is 6.24. The standard InChI is InChI=1S/C14H19F2NO2/c1-8(5-10(7-17)14(18)19)9(2)12-6-11(15)3-4-13(12)16/h3-4,6,8-10H,5,7,17H2,1-2H3,(H,18,19). The fourth-order valence-corrected chi connectivity index (χ4v) is 2.12. The highest BCUT2D eigenvalue weighted by atomic mass is 19.1. The summed E-state index contributed by atoms with van der Waals surface area (Å²) in [6, 6.07) is 3.32. The fraction of sp³-hybridized carbons (Fsp3) is 0.500. The van der Waals surface area contributed by atoms with Crippen molar-refractivity contribution in [3.05, 3.63) is 35.4 Å². The van der Waals surface area contributed by atoms with Crippen LogP contribution >= 0.6 is 0 Å². The molecular weight excluding hydrogens is 252 g/mol. The molecule has 0 radical (unpaired) electrons. The molecule has 3 N–H and O–H groups in total. The molecule has 0 bridgehead atoms. The molecule has 0 aliphatic carbocycles. The minimum atomic E-state index is -0.957. The third-order valence-corrected chi connectivity index (χ3v) is 3.59. The maximum absolute atomic E-state index is 13.7. The third kappa shape index (κ3) is 3.99. The van der Waals surface area contributed by atoms with Gasteiger partial charge in [-0.25, -0.2) is 8.78 Å². The van der Waals surface area contributed by atoms with Crippen LogP contribution in [0.4, 0.5) is 8.78 Å². The number of benzene rings is 1. The second-order valence-electron chi connectivity index (χ2n) is 4.94. The topological polar surface area (TPSA) is 63.3 Å². The Labute approximate surface area is 111 Å². The molecule has 0 heterocycles. The van der Waals surface area contributed by atoms with E-state index in [9.17, 15) is 13.6 Å². The number of carbonyl (C=O) groups is 1. The molecule has 0 amide bonds. The average Bonchev–Trinajstić information content (AvgIpc) is 2.37. The van der Waals surface area contributed by atoms with Crippen molar-refractivity contribution in [3.8, 4) is 0 Å². The molecule has 0 saturated heterocycles. The van der Waals surface area contributed by atoms with Crippen molar-refractivity contribution >= 4 is 5.97 Å². The lowest BCUT2D eigenvalue weighted by Gasteiger charge is -2.23. The van der Waals surface area contributed by atoms with E-state index in [2.05, 4.69) is 0 Å². The monoisotopic (exact) mass is 271 g/mol.